The van der Waals surface area contributed by atoms with Gasteiger partial charge >= 0.3 is 0 Å². The fourth-order valence-corrected chi connectivity index (χ4v) is 2.53. The van der Waals surface area contributed by atoms with E-state index in [0.717, 1.165) is 5.39 Å². The lowest BCUT2D eigenvalue weighted by atomic mass is 10.1. The van der Waals surface area contributed by atoms with E-state index in [1.807, 2.05) is 12.1 Å². The Bertz CT molecular complexity index is 1120. The topological polar surface area (TPSA) is 108 Å². The Kier molecular flexibility index (Phi) is 3.53. The highest BCUT2D eigenvalue weighted by atomic mass is 19.1. The summed E-state index contributed by atoms with van der Waals surface area (Å²) in [6.07, 6.45) is 3.15. The molecule has 0 radical (unpaired) electrons. The molecule has 2 N–H and O–H groups in total. The van der Waals surface area contributed by atoms with Gasteiger partial charge in [-0.1, -0.05) is 11.3 Å². The van der Waals surface area contributed by atoms with Gasteiger partial charge in [-0.25, -0.2) is 19.0 Å². The molecule has 0 saturated heterocycles. The summed E-state index contributed by atoms with van der Waals surface area (Å²) in [6, 6.07) is 6.84. The highest BCUT2D eigenvalue weighted by molar-refractivity contribution is 5.97. The molecule has 3 heterocycles. The Balaban J connectivity index is 1.79. The number of nitrogens with zero attached hydrogens (tertiary/aromatic N) is 7. The molecule has 0 aliphatic carbocycles. The van der Waals surface area contributed by atoms with Crippen LogP contribution in [0.5, 0.6) is 0 Å². The molecular weight excluding hydrogens is 323 g/mol. The normalized spacial score (nSPS) is 12.2. The van der Waals surface area contributed by atoms with Gasteiger partial charge in [-0.3, -0.25) is 4.98 Å². The van der Waals surface area contributed by atoms with Gasteiger partial charge < -0.3 is 5.84 Å². The second kappa shape index (κ2) is 5.86. The van der Waals surface area contributed by atoms with Gasteiger partial charge in [0.2, 0.25) is 5.65 Å². The zero-order valence-electron chi connectivity index (χ0n) is 13.3. The largest absolute Gasteiger partial charge is 0.323 e. The minimum Gasteiger partial charge on any atom is -0.323 e. The Morgan fingerprint density at radius 1 is 1.32 bits per heavy atom. The van der Waals surface area contributed by atoms with Crippen LogP contribution in [0, 0.1) is 5.82 Å². The summed E-state index contributed by atoms with van der Waals surface area (Å²) in [5, 5.41) is 12.5. The van der Waals surface area contributed by atoms with Crippen LogP contribution in [0.15, 0.2) is 41.8 Å². The van der Waals surface area contributed by atoms with Crippen LogP contribution in [0.3, 0.4) is 0 Å². The van der Waals surface area contributed by atoms with E-state index in [1.54, 1.807) is 19.2 Å². The molecule has 0 unspecified atom stereocenters. The second-order valence-corrected chi connectivity index (χ2v) is 5.50. The summed E-state index contributed by atoms with van der Waals surface area (Å²) in [4.78, 5) is 12.8. The molecule has 8 nitrogen and oxygen atoms in total. The molecule has 0 fully saturated rings. The number of nitrogens with two attached hydrogens (primary N) is 1. The van der Waals surface area contributed by atoms with Crippen LogP contribution in [0.1, 0.15) is 18.2 Å². The lowest BCUT2D eigenvalue weighted by Crippen LogP contribution is -2.08. The highest BCUT2D eigenvalue weighted by Gasteiger charge is 2.13. The second-order valence-electron chi connectivity index (χ2n) is 5.50. The number of hydrogen-bond donors (Lipinski definition) is 1. The lowest BCUT2D eigenvalue weighted by Gasteiger charge is -2.06. The molecule has 124 valence electrons. The predicted octanol–water partition coefficient (Wildman–Crippen LogP) is 1.64. The average Bonchev–Trinajstić information content (AvgIpc) is 3.04. The Hall–Kier alpha value is -3.49. The molecule has 0 spiro atoms. The van der Waals surface area contributed by atoms with Crippen molar-refractivity contribution in [3.63, 3.8) is 0 Å². The van der Waals surface area contributed by atoms with Crippen molar-refractivity contribution in [2.75, 3.05) is 0 Å². The van der Waals surface area contributed by atoms with Gasteiger partial charge in [0.05, 0.1) is 24.0 Å². The average molecular weight is 336 g/mol. The third-order valence-electron chi connectivity index (χ3n) is 3.88. The number of pyridine rings is 1. The molecule has 3 aromatic heterocycles. The van der Waals surface area contributed by atoms with E-state index in [2.05, 4.69) is 30.4 Å². The van der Waals surface area contributed by atoms with Crippen molar-refractivity contribution < 1.29 is 4.39 Å². The zero-order valence-corrected chi connectivity index (χ0v) is 13.3. The van der Waals surface area contributed by atoms with Crippen molar-refractivity contribution in [1.82, 2.24) is 29.9 Å². The van der Waals surface area contributed by atoms with Crippen molar-refractivity contribution in [2.45, 2.75) is 13.5 Å². The molecule has 0 aliphatic heterocycles. The van der Waals surface area contributed by atoms with E-state index in [-0.39, 0.29) is 12.4 Å². The maximum atomic E-state index is 14.4. The van der Waals surface area contributed by atoms with Crippen LogP contribution in [0.4, 0.5) is 4.39 Å². The maximum absolute atomic E-state index is 14.4. The summed E-state index contributed by atoms with van der Waals surface area (Å²) in [5.41, 5.74) is 2.92. The van der Waals surface area contributed by atoms with Crippen molar-refractivity contribution in [3.8, 4) is 0 Å². The molecule has 4 rings (SSSR count). The van der Waals surface area contributed by atoms with Crippen LogP contribution >= 0.6 is 0 Å². The van der Waals surface area contributed by atoms with E-state index in [9.17, 15) is 4.39 Å². The van der Waals surface area contributed by atoms with Crippen molar-refractivity contribution in [1.29, 1.82) is 0 Å². The Morgan fingerprint density at radius 3 is 3.04 bits per heavy atom. The van der Waals surface area contributed by atoms with E-state index in [0.29, 0.717) is 33.8 Å². The molecule has 4 aromatic rings. The molecule has 0 amide bonds. The number of hydrogen-bond acceptors (Lipinski definition) is 7. The summed E-state index contributed by atoms with van der Waals surface area (Å²) >= 11 is 0. The smallest absolute Gasteiger partial charge is 0.221 e. The van der Waals surface area contributed by atoms with Gasteiger partial charge in [0.15, 0.2) is 5.65 Å². The third-order valence-corrected chi connectivity index (χ3v) is 3.88. The molecule has 9 heteroatoms. The molecule has 0 aliphatic rings. The van der Waals surface area contributed by atoms with E-state index >= 15 is 0 Å². The van der Waals surface area contributed by atoms with E-state index < -0.39 is 0 Å². The number of hydrazone groups is 1. The minimum atomic E-state index is -0.362. The van der Waals surface area contributed by atoms with Crippen molar-refractivity contribution in [2.24, 2.45) is 10.9 Å². The van der Waals surface area contributed by atoms with Crippen molar-refractivity contribution in [3.05, 3.63) is 53.7 Å². The maximum Gasteiger partial charge on any atom is 0.221 e. The lowest BCUT2D eigenvalue weighted by molar-refractivity contribution is 0.583. The fraction of sp³-hybridized carbons (Fsp3) is 0.125. The van der Waals surface area contributed by atoms with Crippen molar-refractivity contribution >= 4 is 27.9 Å². The quantitative estimate of drug-likeness (QED) is 0.346. The zero-order chi connectivity index (χ0) is 17.4. The van der Waals surface area contributed by atoms with Crippen LogP contribution in [-0.2, 0) is 6.54 Å². The molecular formula is C16H13FN8. The number of halogens is 1. The summed E-state index contributed by atoms with van der Waals surface area (Å²) in [6.45, 7) is 1.89. The van der Waals surface area contributed by atoms with Gasteiger partial charge in [0.1, 0.15) is 11.5 Å². The highest BCUT2D eigenvalue weighted by Crippen LogP contribution is 2.19. The summed E-state index contributed by atoms with van der Waals surface area (Å²) in [7, 11) is 0. The summed E-state index contributed by atoms with van der Waals surface area (Å²) < 4.78 is 15.9. The van der Waals surface area contributed by atoms with Gasteiger partial charge in [0.25, 0.3) is 0 Å². The SMILES string of the molecule is C/C(=N\N)c1cnc2nnn(Cc3cc4cccnc4cc3F)c2n1. The first-order chi connectivity index (χ1) is 12.2. The standard InChI is InChI=1S/C16H13FN8/c1-9(22-18)14-7-20-15-16(21-14)25(24-23-15)8-11-5-10-3-2-4-19-13(10)6-12(11)17/h2-7H,8,18H2,1H3/b22-9+. The van der Waals surface area contributed by atoms with Gasteiger partial charge in [-0.05, 0) is 19.1 Å². The van der Waals surface area contributed by atoms with E-state index in [1.165, 1.54) is 16.9 Å². The molecule has 0 bridgehead atoms. The van der Waals surface area contributed by atoms with Crippen LogP contribution < -0.4 is 5.84 Å². The van der Waals surface area contributed by atoms with Crippen LogP contribution in [0.25, 0.3) is 22.2 Å². The van der Waals surface area contributed by atoms with E-state index in [4.69, 9.17) is 5.84 Å². The minimum absolute atomic E-state index is 0.171. The Morgan fingerprint density at radius 2 is 2.20 bits per heavy atom. The molecule has 0 atom stereocenters. The Labute approximate surface area is 141 Å². The van der Waals surface area contributed by atoms with Crippen LogP contribution in [0.2, 0.25) is 0 Å². The number of fused-ring (bicyclic) bond motifs is 2. The monoisotopic (exact) mass is 336 g/mol. The fourth-order valence-electron chi connectivity index (χ4n) is 2.53. The van der Waals surface area contributed by atoms with Gasteiger partial charge in [-0.2, -0.15) is 5.10 Å². The van der Waals surface area contributed by atoms with Gasteiger partial charge in [-0.15, -0.1) is 5.10 Å². The molecule has 1 aromatic carbocycles. The van der Waals surface area contributed by atoms with Gasteiger partial charge in [0, 0.05) is 23.2 Å². The molecule has 0 saturated carbocycles. The number of benzene rings is 1. The predicted molar refractivity (Wildman–Crippen MR) is 90.3 cm³/mol. The van der Waals surface area contributed by atoms with Crippen LogP contribution in [-0.4, -0.2) is 35.7 Å². The first kappa shape index (κ1) is 15.1. The third kappa shape index (κ3) is 2.65. The molecule has 25 heavy (non-hydrogen) atoms. The first-order valence-electron chi connectivity index (χ1n) is 7.50. The first-order valence-corrected chi connectivity index (χ1v) is 7.50. The summed E-state index contributed by atoms with van der Waals surface area (Å²) in [5.74, 6) is 4.92. The number of aromatic nitrogens is 6. The number of rotatable bonds is 3.